The van der Waals surface area contributed by atoms with E-state index in [-0.39, 0.29) is 22.0 Å². The molecule has 0 unspecified atom stereocenters. The molecule has 1 aliphatic heterocycles. The Morgan fingerprint density at radius 3 is 2.90 bits per heavy atom. The Kier molecular flexibility index (Phi) is 3.49. The highest BCUT2D eigenvalue weighted by Gasteiger charge is 2.31. The van der Waals surface area contributed by atoms with E-state index in [4.69, 9.17) is 0 Å². The first-order valence-corrected chi connectivity index (χ1v) is 7.87. The number of rotatable bonds is 1. The van der Waals surface area contributed by atoms with Gasteiger partial charge in [-0.05, 0) is 26.0 Å². The molecule has 1 fully saturated rings. The third-order valence-electron chi connectivity index (χ3n) is 3.53. The SMILES string of the molecule is CC1(C)CN(C(=O)c2nc3ccccc3c(=O)[nH]2)CCS1. The number of fused-ring (bicyclic) bond motifs is 1. The molecule has 6 heteroatoms. The zero-order chi connectivity index (χ0) is 15.0. The minimum Gasteiger partial charge on any atom is -0.334 e. The maximum atomic E-state index is 12.6. The fraction of sp³-hybridized carbons (Fsp3) is 0.400. The van der Waals surface area contributed by atoms with Gasteiger partial charge in [-0.1, -0.05) is 12.1 Å². The van der Waals surface area contributed by atoms with Gasteiger partial charge in [-0.3, -0.25) is 9.59 Å². The zero-order valence-corrected chi connectivity index (χ0v) is 12.9. The van der Waals surface area contributed by atoms with Crippen LogP contribution in [0, 0.1) is 0 Å². The fourth-order valence-electron chi connectivity index (χ4n) is 2.53. The lowest BCUT2D eigenvalue weighted by Gasteiger charge is -2.37. The largest absolute Gasteiger partial charge is 0.334 e. The van der Waals surface area contributed by atoms with Crippen LogP contribution in [0.25, 0.3) is 10.9 Å². The molecule has 5 nitrogen and oxygen atoms in total. The van der Waals surface area contributed by atoms with Crippen molar-refractivity contribution in [2.75, 3.05) is 18.8 Å². The predicted molar refractivity (Wildman–Crippen MR) is 84.8 cm³/mol. The van der Waals surface area contributed by atoms with E-state index in [1.165, 1.54) is 0 Å². The molecule has 1 saturated heterocycles. The van der Waals surface area contributed by atoms with Crippen molar-refractivity contribution in [1.29, 1.82) is 0 Å². The van der Waals surface area contributed by atoms with Crippen molar-refractivity contribution >= 4 is 28.6 Å². The normalized spacial score (nSPS) is 17.9. The number of hydrogen-bond acceptors (Lipinski definition) is 4. The monoisotopic (exact) mass is 303 g/mol. The molecule has 0 bridgehead atoms. The summed E-state index contributed by atoms with van der Waals surface area (Å²) in [5.41, 5.74) is 0.282. The van der Waals surface area contributed by atoms with E-state index in [0.717, 1.165) is 5.75 Å². The molecule has 0 aliphatic carbocycles. The average molecular weight is 303 g/mol. The van der Waals surface area contributed by atoms with Crippen LogP contribution in [0.2, 0.25) is 0 Å². The molecule has 3 rings (SSSR count). The zero-order valence-electron chi connectivity index (χ0n) is 12.0. The summed E-state index contributed by atoms with van der Waals surface area (Å²) in [7, 11) is 0. The quantitative estimate of drug-likeness (QED) is 0.873. The number of aromatic nitrogens is 2. The van der Waals surface area contributed by atoms with Crippen molar-refractivity contribution in [3.63, 3.8) is 0 Å². The van der Waals surface area contributed by atoms with Gasteiger partial charge in [0.1, 0.15) is 0 Å². The number of para-hydroxylation sites is 1. The van der Waals surface area contributed by atoms with Crippen LogP contribution in [0.5, 0.6) is 0 Å². The number of carbonyl (C=O) groups excluding carboxylic acids is 1. The van der Waals surface area contributed by atoms with Crippen molar-refractivity contribution < 1.29 is 4.79 Å². The van der Waals surface area contributed by atoms with Crippen LogP contribution in [-0.4, -0.2) is 44.4 Å². The van der Waals surface area contributed by atoms with Crippen LogP contribution >= 0.6 is 11.8 Å². The smallest absolute Gasteiger partial charge is 0.289 e. The number of nitrogens with one attached hydrogen (secondary N) is 1. The van der Waals surface area contributed by atoms with E-state index in [9.17, 15) is 9.59 Å². The summed E-state index contributed by atoms with van der Waals surface area (Å²) in [5.74, 6) is 0.823. The molecule has 2 aromatic rings. The van der Waals surface area contributed by atoms with Gasteiger partial charge < -0.3 is 9.88 Å². The van der Waals surface area contributed by atoms with E-state index in [0.29, 0.717) is 24.0 Å². The number of H-pyrrole nitrogens is 1. The standard InChI is InChI=1S/C15H17N3O2S/c1-15(2)9-18(7-8-21-15)14(20)12-16-11-6-4-3-5-10(11)13(19)17-12/h3-6H,7-9H2,1-2H3,(H,16,17,19). The maximum absolute atomic E-state index is 12.6. The summed E-state index contributed by atoms with van der Waals surface area (Å²) in [5, 5.41) is 0.503. The number of carbonyl (C=O) groups is 1. The van der Waals surface area contributed by atoms with E-state index >= 15 is 0 Å². The molecular formula is C15H17N3O2S. The number of hydrogen-bond donors (Lipinski definition) is 1. The second-order valence-corrected chi connectivity index (χ2v) is 7.57. The van der Waals surface area contributed by atoms with Gasteiger partial charge in [0.15, 0.2) is 5.82 Å². The first-order chi connectivity index (χ1) is 9.96. The van der Waals surface area contributed by atoms with Crippen molar-refractivity contribution in [2.45, 2.75) is 18.6 Å². The van der Waals surface area contributed by atoms with Gasteiger partial charge in [-0.2, -0.15) is 11.8 Å². The highest BCUT2D eigenvalue weighted by molar-refractivity contribution is 8.00. The Hall–Kier alpha value is -1.82. The van der Waals surface area contributed by atoms with E-state index in [2.05, 4.69) is 23.8 Å². The Morgan fingerprint density at radius 1 is 1.38 bits per heavy atom. The fourth-order valence-corrected chi connectivity index (χ4v) is 3.64. The van der Waals surface area contributed by atoms with Crippen LogP contribution in [-0.2, 0) is 0 Å². The molecule has 1 amide bonds. The van der Waals surface area contributed by atoms with Crippen molar-refractivity contribution in [3.8, 4) is 0 Å². The topological polar surface area (TPSA) is 66.1 Å². The molecule has 0 saturated carbocycles. The number of aromatic amines is 1. The van der Waals surface area contributed by atoms with Gasteiger partial charge in [0.2, 0.25) is 0 Å². The second kappa shape index (κ2) is 5.18. The van der Waals surface area contributed by atoms with Gasteiger partial charge in [0.05, 0.1) is 10.9 Å². The maximum Gasteiger partial charge on any atom is 0.289 e. The summed E-state index contributed by atoms with van der Waals surface area (Å²) < 4.78 is 0.0328. The van der Waals surface area contributed by atoms with Crippen molar-refractivity contribution in [2.24, 2.45) is 0 Å². The van der Waals surface area contributed by atoms with Crippen molar-refractivity contribution in [1.82, 2.24) is 14.9 Å². The lowest BCUT2D eigenvalue weighted by Crippen LogP contribution is -2.46. The molecule has 0 atom stereocenters. The summed E-state index contributed by atoms with van der Waals surface area (Å²) in [6.45, 7) is 5.58. The number of nitrogens with zero attached hydrogens (tertiary/aromatic N) is 2. The minimum absolute atomic E-state index is 0.0328. The summed E-state index contributed by atoms with van der Waals surface area (Å²) in [6, 6.07) is 7.04. The molecule has 1 aliphatic rings. The molecule has 21 heavy (non-hydrogen) atoms. The Bertz CT molecular complexity index is 754. The van der Waals surface area contributed by atoms with Gasteiger partial charge in [0.25, 0.3) is 11.5 Å². The molecule has 1 N–H and O–H groups in total. The average Bonchev–Trinajstić information content (AvgIpc) is 2.45. The first-order valence-electron chi connectivity index (χ1n) is 6.89. The second-order valence-electron chi connectivity index (χ2n) is 5.77. The third kappa shape index (κ3) is 2.81. The van der Waals surface area contributed by atoms with Crippen molar-refractivity contribution in [3.05, 3.63) is 40.4 Å². The molecule has 0 spiro atoms. The number of amides is 1. The Balaban J connectivity index is 1.96. The molecule has 110 valence electrons. The number of thioether (sulfide) groups is 1. The van der Waals surface area contributed by atoms with Crippen LogP contribution in [0.4, 0.5) is 0 Å². The first kappa shape index (κ1) is 14.1. The van der Waals surface area contributed by atoms with Crippen LogP contribution in [0.1, 0.15) is 24.5 Å². The van der Waals surface area contributed by atoms with Gasteiger partial charge in [-0.15, -0.1) is 0 Å². The van der Waals surface area contributed by atoms with E-state index in [1.807, 2.05) is 17.8 Å². The summed E-state index contributed by atoms with van der Waals surface area (Å²) >= 11 is 1.86. The van der Waals surface area contributed by atoms with Crippen LogP contribution in [0.3, 0.4) is 0 Å². The van der Waals surface area contributed by atoms with Crippen LogP contribution < -0.4 is 5.56 Å². The highest BCUT2D eigenvalue weighted by atomic mass is 32.2. The molecule has 2 heterocycles. The van der Waals surface area contributed by atoms with Gasteiger partial charge >= 0.3 is 0 Å². The Labute approximate surface area is 126 Å². The lowest BCUT2D eigenvalue weighted by atomic mass is 10.2. The molecule has 1 aromatic heterocycles. The third-order valence-corrected chi connectivity index (χ3v) is 4.83. The predicted octanol–water partition coefficient (Wildman–Crippen LogP) is 1.89. The van der Waals surface area contributed by atoms with E-state index in [1.54, 1.807) is 23.1 Å². The molecular weight excluding hydrogens is 286 g/mol. The lowest BCUT2D eigenvalue weighted by molar-refractivity contribution is 0.0736. The van der Waals surface area contributed by atoms with E-state index < -0.39 is 0 Å². The Morgan fingerprint density at radius 2 is 2.14 bits per heavy atom. The minimum atomic E-state index is -0.269. The van der Waals surface area contributed by atoms with Gasteiger partial charge in [-0.25, -0.2) is 4.98 Å². The molecule has 1 aromatic carbocycles. The summed E-state index contributed by atoms with van der Waals surface area (Å²) in [4.78, 5) is 33.3. The summed E-state index contributed by atoms with van der Waals surface area (Å²) in [6.07, 6.45) is 0. The van der Waals surface area contributed by atoms with Gasteiger partial charge in [0, 0.05) is 23.6 Å². The highest BCUT2D eigenvalue weighted by Crippen LogP contribution is 2.29. The number of benzene rings is 1. The van der Waals surface area contributed by atoms with Crippen LogP contribution in [0.15, 0.2) is 29.1 Å². The molecule has 0 radical (unpaired) electrons.